The topological polar surface area (TPSA) is 122 Å². The molecule has 1 saturated heterocycles. The number of anilines is 1. The third-order valence-corrected chi connectivity index (χ3v) is 6.11. The van der Waals surface area contributed by atoms with Gasteiger partial charge in [0.15, 0.2) is 0 Å². The van der Waals surface area contributed by atoms with E-state index in [0.29, 0.717) is 25.9 Å². The van der Waals surface area contributed by atoms with Crippen LogP contribution in [0.3, 0.4) is 0 Å². The highest BCUT2D eigenvalue weighted by Gasteiger charge is 2.22. The van der Waals surface area contributed by atoms with E-state index in [0.717, 1.165) is 31.9 Å². The molecule has 1 fully saturated rings. The average Bonchev–Trinajstić information content (AvgIpc) is 2.81. The third kappa shape index (κ3) is 6.16. The highest BCUT2D eigenvalue weighted by Crippen LogP contribution is 2.27. The van der Waals surface area contributed by atoms with Crippen molar-refractivity contribution >= 4 is 27.3 Å². The summed E-state index contributed by atoms with van der Waals surface area (Å²) < 4.78 is 26.9. The van der Waals surface area contributed by atoms with Gasteiger partial charge in [0.05, 0.1) is 9.82 Å². The van der Waals surface area contributed by atoms with Gasteiger partial charge in [-0.25, -0.2) is 13.1 Å². The van der Waals surface area contributed by atoms with E-state index < -0.39 is 14.9 Å². The van der Waals surface area contributed by atoms with Crippen molar-refractivity contribution in [3.8, 4) is 0 Å². The molecule has 1 amide bonds. The Bertz CT molecular complexity index is 810. The van der Waals surface area contributed by atoms with Crippen LogP contribution in [0.1, 0.15) is 46.0 Å². The first-order valence-corrected chi connectivity index (χ1v) is 11.0. The zero-order valence-corrected chi connectivity index (χ0v) is 17.1. The second-order valence-corrected chi connectivity index (χ2v) is 8.90. The molecule has 1 aliphatic rings. The predicted molar refractivity (Wildman–Crippen MR) is 107 cm³/mol. The monoisotopic (exact) mass is 412 g/mol. The molecule has 0 radical (unpaired) electrons. The first kappa shape index (κ1) is 22.1. The van der Waals surface area contributed by atoms with Crippen LogP contribution in [0.5, 0.6) is 0 Å². The Morgan fingerprint density at radius 1 is 1.25 bits per heavy atom. The first-order valence-electron chi connectivity index (χ1n) is 9.53. The fourth-order valence-corrected chi connectivity index (χ4v) is 4.40. The normalized spacial score (nSPS) is 15.5. The molecule has 28 heavy (non-hydrogen) atoms. The Balaban J connectivity index is 2.01. The van der Waals surface area contributed by atoms with E-state index in [2.05, 4.69) is 10.0 Å². The third-order valence-electron chi connectivity index (χ3n) is 4.46. The molecule has 1 aromatic rings. The molecule has 0 aromatic heterocycles. The van der Waals surface area contributed by atoms with Crippen molar-refractivity contribution in [3.05, 3.63) is 28.3 Å². The standard InChI is InChI=1S/C18H28N4O5S/c1-14(2)20-28(26,27)15-8-9-16(17(13-15)22(24)25)19-10-6-12-21-11-5-3-4-7-18(21)23/h8-9,13-14,19-20H,3-7,10-12H2,1-2H3. The number of sulfonamides is 1. The number of nitrogens with zero attached hydrogens (tertiary/aromatic N) is 2. The molecule has 9 nitrogen and oxygen atoms in total. The quantitative estimate of drug-likeness (QED) is 0.365. The number of nitro benzene ring substituents is 1. The fourth-order valence-electron chi connectivity index (χ4n) is 3.13. The number of benzene rings is 1. The summed E-state index contributed by atoms with van der Waals surface area (Å²) in [5, 5.41) is 14.4. The summed E-state index contributed by atoms with van der Waals surface area (Å²) in [6.07, 6.45) is 4.23. The minimum atomic E-state index is -3.81. The summed E-state index contributed by atoms with van der Waals surface area (Å²) in [6.45, 7) is 5.16. The van der Waals surface area contributed by atoms with Crippen LogP contribution in [0.2, 0.25) is 0 Å². The second kappa shape index (κ2) is 9.83. The molecule has 2 rings (SSSR count). The SMILES string of the molecule is CC(C)NS(=O)(=O)c1ccc(NCCCN2CCCCCC2=O)c([N+](=O)[O-])c1. The lowest BCUT2D eigenvalue weighted by Crippen LogP contribution is -2.32. The largest absolute Gasteiger partial charge is 0.379 e. The lowest BCUT2D eigenvalue weighted by atomic mass is 10.2. The molecule has 0 bridgehead atoms. The van der Waals surface area contributed by atoms with Crippen LogP contribution in [0.4, 0.5) is 11.4 Å². The number of rotatable bonds is 9. The number of nitro groups is 1. The van der Waals surface area contributed by atoms with Gasteiger partial charge in [-0.3, -0.25) is 14.9 Å². The summed E-state index contributed by atoms with van der Waals surface area (Å²) in [5.74, 6) is 0.163. The van der Waals surface area contributed by atoms with Gasteiger partial charge >= 0.3 is 0 Å². The molecule has 0 aliphatic carbocycles. The van der Waals surface area contributed by atoms with Crippen molar-refractivity contribution in [2.75, 3.05) is 25.0 Å². The number of hydrogen-bond acceptors (Lipinski definition) is 6. The Kier molecular flexibility index (Phi) is 7.76. The van der Waals surface area contributed by atoms with Gasteiger partial charge in [-0.1, -0.05) is 6.42 Å². The number of hydrogen-bond donors (Lipinski definition) is 2. The van der Waals surface area contributed by atoms with Gasteiger partial charge in [0.2, 0.25) is 15.9 Å². The number of amides is 1. The van der Waals surface area contributed by atoms with E-state index in [-0.39, 0.29) is 28.2 Å². The zero-order valence-electron chi connectivity index (χ0n) is 16.3. The van der Waals surface area contributed by atoms with Crippen LogP contribution >= 0.6 is 0 Å². The number of likely N-dealkylation sites (tertiary alicyclic amines) is 1. The van der Waals surface area contributed by atoms with Crippen molar-refractivity contribution in [2.24, 2.45) is 0 Å². The van der Waals surface area contributed by atoms with Gasteiger partial charge in [0, 0.05) is 38.2 Å². The van der Waals surface area contributed by atoms with Gasteiger partial charge in [-0.05, 0) is 45.2 Å². The second-order valence-electron chi connectivity index (χ2n) is 7.18. The van der Waals surface area contributed by atoms with Crippen molar-refractivity contribution in [1.29, 1.82) is 0 Å². The summed E-state index contributed by atoms with van der Waals surface area (Å²) in [7, 11) is -3.81. The summed E-state index contributed by atoms with van der Waals surface area (Å²) in [4.78, 5) is 24.5. The van der Waals surface area contributed by atoms with Gasteiger partial charge in [-0.2, -0.15) is 0 Å². The Hall–Kier alpha value is -2.20. The number of carbonyl (C=O) groups is 1. The maximum absolute atomic E-state index is 12.2. The molecule has 0 saturated carbocycles. The molecule has 2 N–H and O–H groups in total. The molecule has 1 aromatic carbocycles. The first-order chi connectivity index (χ1) is 13.2. The molecule has 0 unspecified atom stereocenters. The van der Waals surface area contributed by atoms with Crippen LogP contribution in [0.15, 0.2) is 23.1 Å². The molecular weight excluding hydrogens is 384 g/mol. The van der Waals surface area contributed by atoms with Crippen LogP contribution in [-0.2, 0) is 14.8 Å². The van der Waals surface area contributed by atoms with Crippen LogP contribution in [0, 0.1) is 10.1 Å². The van der Waals surface area contributed by atoms with Crippen molar-refractivity contribution in [2.45, 2.75) is 56.9 Å². The van der Waals surface area contributed by atoms with E-state index >= 15 is 0 Å². The van der Waals surface area contributed by atoms with Gasteiger partial charge in [-0.15, -0.1) is 0 Å². The zero-order chi connectivity index (χ0) is 20.7. The summed E-state index contributed by atoms with van der Waals surface area (Å²) in [6, 6.07) is 3.50. The molecule has 1 heterocycles. The van der Waals surface area contributed by atoms with E-state index in [4.69, 9.17) is 0 Å². The van der Waals surface area contributed by atoms with Gasteiger partial charge in [0.25, 0.3) is 5.69 Å². The summed E-state index contributed by atoms with van der Waals surface area (Å²) in [5.41, 5.74) is -0.0341. The van der Waals surface area contributed by atoms with Crippen LogP contribution in [-0.4, -0.2) is 49.8 Å². The van der Waals surface area contributed by atoms with Gasteiger partial charge < -0.3 is 10.2 Å². The van der Waals surface area contributed by atoms with Crippen molar-refractivity contribution in [3.63, 3.8) is 0 Å². The molecule has 156 valence electrons. The van der Waals surface area contributed by atoms with Crippen molar-refractivity contribution < 1.29 is 18.1 Å². The van der Waals surface area contributed by atoms with Crippen molar-refractivity contribution in [1.82, 2.24) is 9.62 Å². The van der Waals surface area contributed by atoms with Crippen LogP contribution in [0.25, 0.3) is 0 Å². The van der Waals surface area contributed by atoms with Gasteiger partial charge in [0.1, 0.15) is 5.69 Å². The van der Waals surface area contributed by atoms with E-state index in [1.54, 1.807) is 13.8 Å². The average molecular weight is 413 g/mol. The maximum atomic E-state index is 12.2. The highest BCUT2D eigenvalue weighted by molar-refractivity contribution is 7.89. The number of nitrogens with one attached hydrogen (secondary N) is 2. The summed E-state index contributed by atoms with van der Waals surface area (Å²) >= 11 is 0. The fraction of sp³-hybridized carbons (Fsp3) is 0.611. The predicted octanol–water partition coefficient (Wildman–Crippen LogP) is 2.49. The Morgan fingerprint density at radius 2 is 2.00 bits per heavy atom. The van der Waals surface area contributed by atoms with E-state index in [1.807, 2.05) is 4.90 Å². The molecular formula is C18H28N4O5S. The number of carbonyl (C=O) groups excluding carboxylic acids is 1. The molecule has 0 spiro atoms. The Labute approximate surface area is 165 Å². The minimum Gasteiger partial charge on any atom is -0.379 e. The molecule has 1 aliphatic heterocycles. The van der Waals surface area contributed by atoms with Crippen LogP contribution < -0.4 is 10.0 Å². The molecule has 10 heteroatoms. The lowest BCUT2D eigenvalue weighted by Gasteiger charge is -2.20. The highest BCUT2D eigenvalue weighted by atomic mass is 32.2. The molecule has 0 atom stereocenters. The minimum absolute atomic E-state index is 0.145. The smallest absolute Gasteiger partial charge is 0.293 e. The lowest BCUT2D eigenvalue weighted by molar-refractivity contribution is -0.384. The van der Waals surface area contributed by atoms with E-state index in [1.165, 1.54) is 12.1 Å². The maximum Gasteiger partial charge on any atom is 0.293 e. The Morgan fingerprint density at radius 3 is 2.68 bits per heavy atom. The van der Waals surface area contributed by atoms with E-state index in [9.17, 15) is 23.3 Å².